The van der Waals surface area contributed by atoms with E-state index >= 15 is 0 Å². The highest BCUT2D eigenvalue weighted by Crippen LogP contribution is 2.10. The molecule has 0 bridgehead atoms. The van der Waals surface area contributed by atoms with Crippen molar-refractivity contribution in [3.8, 4) is 0 Å². The molecule has 2 rings (SSSR count). The number of furan rings is 1. The van der Waals surface area contributed by atoms with Crippen LogP contribution in [0.4, 0.5) is 4.39 Å². The number of carbonyl (C=O) groups excluding carboxylic acids is 1. The van der Waals surface area contributed by atoms with E-state index in [1.54, 1.807) is 18.2 Å². The van der Waals surface area contributed by atoms with Gasteiger partial charge in [0.25, 0.3) is 5.91 Å². The zero-order valence-corrected chi connectivity index (χ0v) is 9.37. The van der Waals surface area contributed by atoms with E-state index in [1.165, 1.54) is 18.4 Å². The minimum absolute atomic E-state index is 0.0524. The number of hydrogen-bond donors (Lipinski definition) is 1. The topological polar surface area (TPSA) is 42.2 Å². The molecule has 0 saturated carbocycles. The van der Waals surface area contributed by atoms with Crippen molar-refractivity contribution in [1.82, 2.24) is 5.32 Å². The molecule has 1 heterocycles. The van der Waals surface area contributed by atoms with E-state index in [9.17, 15) is 9.18 Å². The maximum atomic E-state index is 13.4. The van der Waals surface area contributed by atoms with Gasteiger partial charge in [0.15, 0.2) is 0 Å². The summed E-state index contributed by atoms with van der Waals surface area (Å²) in [4.78, 5) is 11.7. The largest absolute Gasteiger partial charge is 0.467 e. The van der Waals surface area contributed by atoms with Crippen LogP contribution in [-0.4, -0.2) is 5.91 Å². The molecule has 4 heteroatoms. The molecule has 0 atom stereocenters. The van der Waals surface area contributed by atoms with Gasteiger partial charge in [0.1, 0.15) is 11.6 Å². The Labute approximate surface area is 98.3 Å². The van der Waals surface area contributed by atoms with Gasteiger partial charge >= 0.3 is 0 Å². The lowest BCUT2D eigenvalue weighted by atomic mass is 10.1. The molecule has 0 radical (unpaired) electrons. The van der Waals surface area contributed by atoms with E-state index in [0.29, 0.717) is 5.76 Å². The lowest BCUT2D eigenvalue weighted by molar-refractivity contribution is 0.0944. The van der Waals surface area contributed by atoms with Gasteiger partial charge < -0.3 is 9.73 Å². The van der Waals surface area contributed by atoms with Gasteiger partial charge in [0, 0.05) is 0 Å². The number of carbonyl (C=O) groups is 1. The third kappa shape index (κ3) is 2.72. The van der Waals surface area contributed by atoms with Crippen LogP contribution in [0.3, 0.4) is 0 Å². The summed E-state index contributed by atoms with van der Waals surface area (Å²) in [7, 11) is 0. The Bertz CT molecular complexity index is 520. The van der Waals surface area contributed by atoms with E-state index in [-0.39, 0.29) is 12.1 Å². The van der Waals surface area contributed by atoms with E-state index in [0.717, 1.165) is 5.56 Å². The van der Waals surface area contributed by atoms with Gasteiger partial charge in [0.2, 0.25) is 0 Å². The molecule has 0 saturated heterocycles. The number of hydrogen-bond acceptors (Lipinski definition) is 2. The zero-order chi connectivity index (χ0) is 12.3. The second-order valence-electron chi connectivity index (χ2n) is 3.75. The van der Waals surface area contributed by atoms with Crippen LogP contribution in [0.5, 0.6) is 0 Å². The van der Waals surface area contributed by atoms with Gasteiger partial charge in [-0.05, 0) is 31.2 Å². The van der Waals surface area contributed by atoms with Crippen molar-refractivity contribution >= 4 is 5.91 Å². The number of nitrogens with one attached hydrogen (secondary N) is 1. The highest BCUT2D eigenvalue weighted by molar-refractivity contribution is 5.94. The normalized spacial score (nSPS) is 10.2. The number of rotatable bonds is 3. The summed E-state index contributed by atoms with van der Waals surface area (Å²) in [6, 6.07) is 7.91. The second kappa shape index (κ2) is 4.82. The molecule has 1 aromatic heterocycles. The highest BCUT2D eigenvalue weighted by Gasteiger charge is 2.11. The van der Waals surface area contributed by atoms with E-state index in [1.807, 2.05) is 6.92 Å². The Morgan fingerprint density at radius 1 is 1.41 bits per heavy atom. The van der Waals surface area contributed by atoms with Crippen molar-refractivity contribution in [3.63, 3.8) is 0 Å². The van der Waals surface area contributed by atoms with Crippen molar-refractivity contribution in [1.29, 1.82) is 0 Å². The molecular formula is C13H12FNO2. The van der Waals surface area contributed by atoms with Gasteiger partial charge in [0.05, 0.1) is 18.4 Å². The van der Waals surface area contributed by atoms with Gasteiger partial charge in [-0.25, -0.2) is 4.39 Å². The van der Waals surface area contributed by atoms with Crippen molar-refractivity contribution in [2.45, 2.75) is 13.5 Å². The lowest BCUT2D eigenvalue weighted by Crippen LogP contribution is -2.23. The highest BCUT2D eigenvalue weighted by atomic mass is 19.1. The van der Waals surface area contributed by atoms with Gasteiger partial charge in [-0.1, -0.05) is 11.6 Å². The predicted octanol–water partition coefficient (Wildman–Crippen LogP) is 2.66. The summed E-state index contributed by atoms with van der Waals surface area (Å²) in [5.74, 6) is -0.332. The summed E-state index contributed by atoms with van der Waals surface area (Å²) in [6.07, 6.45) is 1.52. The SMILES string of the molecule is Cc1ccc(F)c(C(=O)NCc2ccco2)c1. The summed E-state index contributed by atoms with van der Waals surface area (Å²) in [5.41, 5.74) is 0.895. The standard InChI is InChI=1S/C13H12FNO2/c1-9-4-5-12(14)11(7-9)13(16)15-8-10-3-2-6-17-10/h2-7H,8H2,1H3,(H,15,16). The Hall–Kier alpha value is -2.10. The molecule has 0 aliphatic carbocycles. The first-order valence-corrected chi connectivity index (χ1v) is 5.23. The Kier molecular flexibility index (Phi) is 3.23. The first kappa shape index (κ1) is 11.4. The maximum Gasteiger partial charge on any atom is 0.254 e. The predicted molar refractivity (Wildman–Crippen MR) is 61.0 cm³/mol. The molecular weight excluding hydrogens is 221 g/mol. The molecule has 1 N–H and O–H groups in total. The number of benzene rings is 1. The van der Waals surface area contributed by atoms with E-state index in [2.05, 4.69) is 5.32 Å². The molecule has 88 valence electrons. The van der Waals surface area contributed by atoms with Crippen LogP contribution in [0.25, 0.3) is 0 Å². The van der Waals surface area contributed by atoms with Gasteiger partial charge in [-0.15, -0.1) is 0 Å². The van der Waals surface area contributed by atoms with Crippen LogP contribution >= 0.6 is 0 Å². The van der Waals surface area contributed by atoms with Crippen LogP contribution in [0.1, 0.15) is 21.7 Å². The van der Waals surface area contributed by atoms with Crippen LogP contribution in [0, 0.1) is 12.7 Å². The molecule has 3 nitrogen and oxygen atoms in total. The fraction of sp³-hybridized carbons (Fsp3) is 0.154. The minimum Gasteiger partial charge on any atom is -0.467 e. The van der Waals surface area contributed by atoms with Crippen molar-refractivity contribution in [2.75, 3.05) is 0 Å². The first-order chi connectivity index (χ1) is 8.16. The molecule has 1 amide bonds. The third-order valence-electron chi connectivity index (χ3n) is 2.37. The number of aryl methyl sites for hydroxylation is 1. The number of halogens is 1. The van der Waals surface area contributed by atoms with Gasteiger partial charge in [-0.3, -0.25) is 4.79 Å². The number of amides is 1. The second-order valence-corrected chi connectivity index (χ2v) is 3.75. The smallest absolute Gasteiger partial charge is 0.254 e. The molecule has 17 heavy (non-hydrogen) atoms. The maximum absolute atomic E-state index is 13.4. The van der Waals surface area contributed by atoms with Crippen molar-refractivity contribution in [3.05, 3.63) is 59.3 Å². The third-order valence-corrected chi connectivity index (χ3v) is 2.37. The molecule has 0 spiro atoms. The molecule has 0 aliphatic rings. The fourth-order valence-corrected chi connectivity index (χ4v) is 1.49. The summed E-state index contributed by atoms with van der Waals surface area (Å²) in [5, 5.41) is 2.60. The summed E-state index contributed by atoms with van der Waals surface area (Å²) in [6.45, 7) is 2.06. The van der Waals surface area contributed by atoms with Crippen LogP contribution in [-0.2, 0) is 6.54 Å². The average Bonchev–Trinajstić information content (AvgIpc) is 2.82. The molecule has 1 aromatic carbocycles. The lowest BCUT2D eigenvalue weighted by Gasteiger charge is -2.05. The molecule has 0 aliphatic heterocycles. The van der Waals surface area contributed by atoms with Crippen molar-refractivity contribution < 1.29 is 13.6 Å². The molecule has 0 unspecified atom stereocenters. The van der Waals surface area contributed by atoms with Crippen LogP contribution in [0.15, 0.2) is 41.0 Å². The Balaban J connectivity index is 2.07. The summed E-state index contributed by atoms with van der Waals surface area (Å²) < 4.78 is 18.5. The first-order valence-electron chi connectivity index (χ1n) is 5.23. The van der Waals surface area contributed by atoms with E-state index in [4.69, 9.17) is 4.42 Å². The van der Waals surface area contributed by atoms with Crippen molar-refractivity contribution in [2.24, 2.45) is 0 Å². The quantitative estimate of drug-likeness (QED) is 0.885. The molecule has 2 aromatic rings. The monoisotopic (exact) mass is 233 g/mol. The minimum atomic E-state index is -0.521. The van der Waals surface area contributed by atoms with Crippen LogP contribution < -0.4 is 5.32 Å². The average molecular weight is 233 g/mol. The fourth-order valence-electron chi connectivity index (χ4n) is 1.49. The van der Waals surface area contributed by atoms with E-state index < -0.39 is 11.7 Å². The Morgan fingerprint density at radius 3 is 2.94 bits per heavy atom. The molecule has 0 fully saturated rings. The zero-order valence-electron chi connectivity index (χ0n) is 9.37. The van der Waals surface area contributed by atoms with Gasteiger partial charge in [-0.2, -0.15) is 0 Å². The van der Waals surface area contributed by atoms with Crippen LogP contribution in [0.2, 0.25) is 0 Å². The Morgan fingerprint density at radius 2 is 2.24 bits per heavy atom. The summed E-state index contributed by atoms with van der Waals surface area (Å²) >= 11 is 0.